The summed E-state index contributed by atoms with van der Waals surface area (Å²) in [5, 5.41) is 2.91. The summed E-state index contributed by atoms with van der Waals surface area (Å²) < 4.78 is 0. The molecule has 1 aliphatic heterocycles. The van der Waals surface area contributed by atoms with Crippen LogP contribution in [0.2, 0.25) is 0 Å². The molecular weight excluding hydrogens is 360 g/mol. The lowest BCUT2D eigenvalue weighted by molar-refractivity contribution is -0.111. The summed E-state index contributed by atoms with van der Waals surface area (Å²) in [6, 6.07) is 23.8. The molecule has 1 fully saturated rings. The molecule has 1 N–H and O–H groups in total. The van der Waals surface area contributed by atoms with Crippen LogP contribution in [0.25, 0.3) is 6.08 Å². The SMILES string of the molecule is O=C(/C=C/c1ccccc1)Nc1ccc(N2CCN(c3ccccn3)CC2)cc1. The summed E-state index contributed by atoms with van der Waals surface area (Å²) in [6.07, 6.45) is 5.20. The van der Waals surface area contributed by atoms with Crippen molar-refractivity contribution in [2.75, 3.05) is 41.3 Å². The molecule has 0 aliphatic carbocycles. The Bertz CT molecular complexity index is 947. The van der Waals surface area contributed by atoms with Crippen LogP contribution in [0.3, 0.4) is 0 Å². The highest BCUT2D eigenvalue weighted by atomic mass is 16.1. The number of pyridine rings is 1. The Hall–Kier alpha value is -3.60. The normalized spacial score (nSPS) is 14.2. The van der Waals surface area contributed by atoms with Crippen molar-refractivity contribution < 1.29 is 4.79 Å². The number of rotatable bonds is 5. The lowest BCUT2D eigenvalue weighted by Gasteiger charge is -2.36. The fourth-order valence-corrected chi connectivity index (χ4v) is 3.41. The largest absolute Gasteiger partial charge is 0.368 e. The molecule has 1 amide bonds. The summed E-state index contributed by atoms with van der Waals surface area (Å²) in [4.78, 5) is 21.2. The van der Waals surface area contributed by atoms with Crippen molar-refractivity contribution in [1.82, 2.24) is 4.98 Å². The molecule has 0 atom stereocenters. The molecule has 1 saturated heterocycles. The predicted octanol–water partition coefficient (Wildman–Crippen LogP) is 4.06. The fourth-order valence-electron chi connectivity index (χ4n) is 3.41. The average molecular weight is 384 g/mol. The number of carbonyl (C=O) groups excluding carboxylic acids is 1. The van der Waals surface area contributed by atoms with Gasteiger partial charge in [0.1, 0.15) is 5.82 Å². The second-order valence-corrected chi connectivity index (χ2v) is 6.94. The third-order valence-electron chi connectivity index (χ3n) is 4.98. The molecule has 2 aromatic carbocycles. The van der Waals surface area contributed by atoms with E-state index in [1.165, 1.54) is 5.69 Å². The predicted molar refractivity (Wildman–Crippen MR) is 119 cm³/mol. The standard InChI is InChI=1S/C24H24N4O/c29-24(14-9-20-6-2-1-3-7-20)26-21-10-12-22(13-11-21)27-16-18-28(19-17-27)23-8-4-5-15-25-23/h1-15H,16-19H2,(H,26,29)/b14-9+. The molecule has 3 aromatic rings. The first kappa shape index (κ1) is 18.7. The molecule has 0 saturated carbocycles. The molecule has 0 radical (unpaired) electrons. The van der Waals surface area contributed by atoms with Gasteiger partial charge in [0, 0.05) is 49.8 Å². The summed E-state index contributed by atoms with van der Waals surface area (Å²) in [7, 11) is 0. The van der Waals surface area contributed by atoms with E-state index in [0.717, 1.165) is 43.2 Å². The van der Waals surface area contributed by atoms with E-state index >= 15 is 0 Å². The number of anilines is 3. The van der Waals surface area contributed by atoms with Crippen molar-refractivity contribution in [2.45, 2.75) is 0 Å². The molecule has 5 nitrogen and oxygen atoms in total. The van der Waals surface area contributed by atoms with Gasteiger partial charge >= 0.3 is 0 Å². The van der Waals surface area contributed by atoms with Crippen LogP contribution in [-0.2, 0) is 4.79 Å². The quantitative estimate of drug-likeness (QED) is 0.674. The Kier molecular flexibility index (Phi) is 5.86. The maximum Gasteiger partial charge on any atom is 0.248 e. The van der Waals surface area contributed by atoms with Crippen molar-refractivity contribution >= 4 is 29.2 Å². The molecule has 0 spiro atoms. The maximum atomic E-state index is 12.1. The van der Waals surface area contributed by atoms with Crippen LogP contribution in [-0.4, -0.2) is 37.1 Å². The van der Waals surface area contributed by atoms with Crippen LogP contribution in [0.15, 0.2) is 85.1 Å². The van der Waals surface area contributed by atoms with Crippen LogP contribution in [0.5, 0.6) is 0 Å². The summed E-state index contributed by atoms with van der Waals surface area (Å²) in [5.74, 6) is 0.902. The van der Waals surface area contributed by atoms with Crippen LogP contribution in [0.4, 0.5) is 17.2 Å². The van der Waals surface area contributed by atoms with Gasteiger partial charge in [0.25, 0.3) is 0 Å². The summed E-state index contributed by atoms with van der Waals surface area (Å²) >= 11 is 0. The molecular formula is C24H24N4O. The summed E-state index contributed by atoms with van der Waals surface area (Å²) in [5.41, 5.74) is 2.97. The highest BCUT2D eigenvalue weighted by Gasteiger charge is 2.18. The van der Waals surface area contributed by atoms with E-state index in [1.807, 2.05) is 66.9 Å². The number of hydrogen-bond acceptors (Lipinski definition) is 4. The molecule has 0 unspecified atom stereocenters. The van der Waals surface area contributed by atoms with E-state index < -0.39 is 0 Å². The number of benzene rings is 2. The first-order chi connectivity index (χ1) is 14.3. The zero-order valence-corrected chi connectivity index (χ0v) is 16.2. The highest BCUT2D eigenvalue weighted by Crippen LogP contribution is 2.21. The number of hydrogen-bond donors (Lipinski definition) is 1. The zero-order chi connectivity index (χ0) is 19.9. The number of nitrogens with zero attached hydrogens (tertiary/aromatic N) is 3. The van der Waals surface area contributed by atoms with Gasteiger partial charge in [0.2, 0.25) is 5.91 Å². The minimum Gasteiger partial charge on any atom is -0.368 e. The maximum absolute atomic E-state index is 12.1. The monoisotopic (exact) mass is 384 g/mol. The fraction of sp³-hybridized carbons (Fsp3) is 0.167. The van der Waals surface area contributed by atoms with E-state index in [4.69, 9.17) is 0 Å². The molecule has 0 bridgehead atoms. The van der Waals surface area contributed by atoms with Crippen LogP contribution < -0.4 is 15.1 Å². The van der Waals surface area contributed by atoms with Crippen LogP contribution >= 0.6 is 0 Å². The minimum absolute atomic E-state index is 0.134. The van der Waals surface area contributed by atoms with Gasteiger partial charge in [-0.2, -0.15) is 0 Å². The van der Waals surface area contributed by atoms with Crippen molar-refractivity contribution in [3.63, 3.8) is 0 Å². The second kappa shape index (κ2) is 9.06. The smallest absolute Gasteiger partial charge is 0.248 e. The van der Waals surface area contributed by atoms with Crippen LogP contribution in [0, 0.1) is 0 Å². The van der Waals surface area contributed by atoms with Crippen molar-refractivity contribution in [3.8, 4) is 0 Å². The van der Waals surface area contributed by atoms with E-state index in [1.54, 1.807) is 6.08 Å². The zero-order valence-electron chi connectivity index (χ0n) is 16.2. The van der Waals surface area contributed by atoms with Gasteiger partial charge in [0.15, 0.2) is 0 Å². The number of nitrogens with one attached hydrogen (secondary N) is 1. The Morgan fingerprint density at radius 3 is 2.21 bits per heavy atom. The molecule has 1 aromatic heterocycles. The Morgan fingerprint density at radius 1 is 0.828 bits per heavy atom. The van der Waals surface area contributed by atoms with Gasteiger partial charge in [-0.1, -0.05) is 36.4 Å². The molecule has 4 rings (SSSR count). The summed E-state index contributed by atoms with van der Waals surface area (Å²) in [6.45, 7) is 3.78. The Balaban J connectivity index is 1.30. The Morgan fingerprint density at radius 2 is 1.52 bits per heavy atom. The topological polar surface area (TPSA) is 48.5 Å². The molecule has 5 heteroatoms. The average Bonchev–Trinajstić information content (AvgIpc) is 2.80. The second-order valence-electron chi connectivity index (χ2n) is 6.94. The van der Waals surface area contributed by atoms with Crippen molar-refractivity contribution in [2.24, 2.45) is 0 Å². The van der Waals surface area contributed by atoms with E-state index in [-0.39, 0.29) is 5.91 Å². The number of piperazine rings is 1. The Labute approximate surface area is 171 Å². The van der Waals surface area contributed by atoms with Crippen molar-refractivity contribution in [3.05, 3.63) is 90.6 Å². The highest BCUT2D eigenvalue weighted by molar-refractivity contribution is 6.02. The third-order valence-corrected chi connectivity index (χ3v) is 4.98. The number of amides is 1. The lowest BCUT2D eigenvalue weighted by Crippen LogP contribution is -2.46. The van der Waals surface area contributed by atoms with Gasteiger partial charge in [-0.3, -0.25) is 4.79 Å². The molecule has 1 aliphatic rings. The van der Waals surface area contributed by atoms with Gasteiger partial charge in [-0.05, 0) is 48.0 Å². The van der Waals surface area contributed by atoms with Gasteiger partial charge in [-0.25, -0.2) is 4.98 Å². The first-order valence-corrected chi connectivity index (χ1v) is 9.83. The van der Waals surface area contributed by atoms with Crippen molar-refractivity contribution in [1.29, 1.82) is 0 Å². The number of aromatic nitrogens is 1. The third kappa shape index (κ3) is 5.02. The number of carbonyl (C=O) groups is 1. The first-order valence-electron chi connectivity index (χ1n) is 9.83. The minimum atomic E-state index is -0.134. The van der Waals surface area contributed by atoms with Crippen LogP contribution in [0.1, 0.15) is 5.56 Å². The molecule has 29 heavy (non-hydrogen) atoms. The van der Waals surface area contributed by atoms with E-state index in [2.05, 4.69) is 38.3 Å². The van der Waals surface area contributed by atoms with E-state index in [9.17, 15) is 4.79 Å². The lowest BCUT2D eigenvalue weighted by atomic mass is 10.2. The van der Waals surface area contributed by atoms with Gasteiger partial charge in [-0.15, -0.1) is 0 Å². The molecule has 2 heterocycles. The molecule has 146 valence electrons. The van der Waals surface area contributed by atoms with Gasteiger partial charge < -0.3 is 15.1 Å². The van der Waals surface area contributed by atoms with E-state index in [0.29, 0.717) is 0 Å². The van der Waals surface area contributed by atoms with Gasteiger partial charge in [0.05, 0.1) is 0 Å².